The molecule has 298 valence electrons. The topological polar surface area (TPSA) is 178 Å². The van der Waals surface area contributed by atoms with Gasteiger partial charge in [-0.15, -0.1) is 0 Å². The Labute approximate surface area is 352 Å². The number of halogens is 1. The molecule has 4 N–H and O–H groups in total. The standard InChI is InChI=1S/C23H20N6O.C17H14BrNO.C6H6N4/c1-14-6-3-4-9-18(14)29-17(10-16-8-5-7-15(2)19(16)23(29)30)11-28-13-27-20-21(24)25-12-26-22(20)28;1-12-6-5-7-13-10-15(11-18)19(17(20)16(12)13)14-8-3-2-4-9-14;7-6-5-4(1-2-8-5)9-3-10-6/h3-10,12-13H,11H2,1-2H3,(H2,24,25,26);2-10H,11H2,1H3;2-3H,1H2,(H2,7,9,10). The lowest BCUT2D eigenvalue weighted by Gasteiger charge is -2.18. The van der Waals surface area contributed by atoms with Crippen molar-refractivity contribution in [3.63, 3.8) is 0 Å². The number of hydrogen-bond donors (Lipinski definition) is 2. The summed E-state index contributed by atoms with van der Waals surface area (Å²) in [5, 5.41) is 4.07. The first kappa shape index (κ1) is 39.5. The van der Waals surface area contributed by atoms with E-state index >= 15 is 0 Å². The van der Waals surface area contributed by atoms with Gasteiger partial charge in [-0.3, -0.25) is 23.7 Å². The van der Waals surface area contributed by atoms with E-state index in [0.717, 1.165) is 78.8 Å². The van der Waals surface area contributed by atoms with Gasteiger partial charge < -0.3 is 16.0 Å². The van der Waals surface area contributed by atoms with Crippen molar-refractivity contribution in [3.8, 4) is 11.4 Å². The highest BCUT2D eigenvalue weighted by Gasteiger charge is 2.17. The Balaban J connectivity index is 0.000000142. The van der Waals surface area contributed by atoms with Gasteiger partial charge in [0.25, 0.3) is 11.1 Å². The molecule has 14 heteroatoms. The van der Waals surface area contributed by atoms with Crippen molar-refractivity contribution in [2.45, 2.75) is 39.1 Å². The number of benzene rings is 4. The molecule has 5 aromatic heterocycles. The number of hydrogen-bond acceptors (Lipinski definition) is 10. The third kappa shape index (κ3) is 7.55. The second-order valence-electron chi connectivity index (χ2n) is 14.3. The number of imidazole rings is 1. The molecule has 0 radical (unpaired) electrons. The van der Waals surface area contributed by atoms with E-state index < -0.39 is 0 Å². The van der Waals surface area contributed by atoms with Crippen molar-refractivity contribution in [2.24, 2.45) is 4.99 Å². The van der Waals surface area contributed by atoms with Gasteiger partial charge in [0.15, 0.2) is 17.3 Å². The maximum Gasteiger partial charge on any atom is 0.263 e. The van der Waals surface area contributed by atoms with Crippen molar-refractivity contribution in [3.05, 3.63) is 177 Å². The van der Waals surface area contributed by atoms with Crippen molar-refractivity contribution >= 4 is 72.2 Å². The highest BCUT2D eigenvalue weighted by molar-refractivity contribution is 9.08. The van der Waals surface area contributed by atoms with Crippen molar-refractivity contribution in [1.29, 1.82) is 0 Å². The van der Waals surface area contributed by atoms with Gasteiger partial charge >= 0.3 is 0 Å². The zero-order valence-electron chi connectivity index (χ0n) is 33.1. The molecule has 0 bridgehead atoms. The summed E-state index contributed by atoms with van der Waals surface area (Å²) in [4.78, 5) is 51.1. The highest BCUT2D eigenvalue weighted by Crippen LogP contribution is 2.26. The Hall–Kier alpha value is -7.32. The number of nitrogens with two attached hydrogens (primary N) is 2. The fourth-order valence-electron chi connectivity index (χ4n) is 7.46. The molecule has 13 nitrogen and oxygen atoms in total. The third-order valence-corrected chi connectivity index (χ3v) is 10.9. The van der Waals surface area contributed by atoms with Crippen molar-refractivity contribution in [1.82, 2.24) is 38.6 Å². The van der Waals surface area contributed by atoms with Crippen LogP contribution in [0.4, 0.5) is 17.3 Å². The van der Waals surface area contributed by atoms with Crippen LogP contribution >= 0.6 is 15.9 Å². The molecule has 0 saturated heterocycles. The van der Waals surface area contributed by atoms with Crippen LogP contribution in [0, 0.1) is 20.8 Å². The van der Waals surface area contributed by atoms with E-state index in [9.17, 15) is 9.59 Å². The average Bonchev–Trinajstić information content (AvgIpc) is 3.91. The molecular weight excluding hydrogens is 818 g/mol. The lowest BCUT2D eigenvalue weighted by molar-refractivity contribution is 0.749. The number of anilines is 2. The summed E-state index contributed by atoms with van der Waals surface area (Å²) < 4.78 is 5.46. The molecule has 0 fully saturated rings. The second kappa shape index (κ2) is 16.9. The number of para-hydroxylation sites is 2. The molecule has 0 spiro atoms. The molecule has 0 amide bonds. The van der Waals surface area contributed by atoms with Gasteiger partial charge in [0.1, 0.15) is 23.9 Å². The normalized spacial score (nSPS) is 11.6. The van der Waals surface area contributed by atoms with Crippen LogP contribution in [0.5, 0.6) is 0 Å². The zero-order chi connectivity index (χ0) is 41.9. The highest BCUT2D eigenvalue weighted by atomic mass is 79.9. The molecule has 1 aliphatic rings. The monoisotopic (exact) mass is 857 g/mol. The Kier molecular flexibility index (Phi) is 11.1. The molecule has 0 unspecified atom stereocenters. The predicted molar refractivity (Wildman–Crippen MR) is 243 cm³/mol. The molecule has 10 rings (SSSR count). The van der Waals surface area contributed by atoms with E-state index in [1.165, 1.54) is 12.7 Å². The summed E-state index contributed by atoms with van der Waals surface area (Å²) >= 11 is 3.48. The number of nitrogens with zero attached hydrogens (tertiary/aromatic N) is 9. The number of fused-ring (bicyclic) bond motifs is 4. The third-order valence-electron chi connectivity index (χ3n) is 10.4. The van der Waals surface area contributed by atoms with Crippen molar-refractivity contribution in [2.75, 3.05) is 11.5 Å². The molecule has 0 atom stereocenters. The van der Waals surface area contributed by atoms with Gasteiger partial charge in [-0.05, 0) is 78.6 Å². The number of rotatable bonds is 5. The van der Waals surface area contributed by atoms with Crippen LogP contribution in [0.3, 0.4) is 0 Å². The van der Waals surface area contributed by atoms with Crippen LogP contribution in [0.15, 0.2) is 137 Å². The summed E-state index contributed by atoms with van der Waals surface area (Å²) in [6.07, 6.45) is 7.14. The molecular formula is C46H40BrN11O2. The molecule has 1 aliphatic heterocycles. The first-order valence-electron chi connectivity index (χ1n) is 19.1. The average molecular weight is 859 g/mol. The Morgan fingerprint density at radius 1 is 0.650 bits per heavy atom. The first-order valence-corrected chi connectivity index (χ1v) is 20.3. The van der Waals surface area contributed by atoms with Crippen LogP contribution in [-0.4, -0.2) is 44.8 Å². The minimum Gasteiger partial charge on any atom is -0.382 e. The van der Waals surface area contributed by atoms with E-state index in [0.29, 0.717) is 34.7 Å². The summed E-state index contributed by atoms with van der Waals surface area (Å²) in [5.41, 5.74) is 20.9. The van der Waals surface area contributed by atoms with Gasteiger partial charge in [-0.1, -0.05) is 88.7 Å². The van der Waals surface area contributed by atoms with Crippen LogP contribution in [-0.2, 0) is 18.3 Å². The number of alkyl halides is 1. The second-order valence-corrected chi connectivity index (χ2v) is 14.8. The lowest BCUT2D eigenvalue weighted by atomic mass is 10.1. The van der Waals surface area contributed by atoms with E-state index in [4.69, 9.17) is 11.5 Å². The van der Waals surface area contributed by atoms with Gasteiger partial charge in [-0.25, -0.2) is 24.9 Å². The van der Waals surface area contributed by atoms with Gasteiger partial charge in [-0.2, -0.15) is 0 Å². The van der Waals surface area contributed by atoms with Crippen LogP contribution in [0.1, 0.15) is 33.8 Å². The van der Waals surface area contributed by atoms with E-state index in [1.54, 1.807) is 21.7 Å². The number of pyridine rings is 2. The molecule has 6 heterocycles. The first-order chi connectivity index (χ1) is 29.1. The number of aromatic nitrogens is 8. The maximum atomic E-state index is 13.7. The van der Waals surface area contributed by atoms with E-state index in [2.05, 4.69) is 58.0 Å². The lowest BCUT2D eigenvalue weighted by Crippen LogP contribution is -2.24. The zero-order valence-corrected chi connectivity index (χ0v) is 34.7. The Morgan fingerprint density at radius 2 is 1.27 bits per heavy atom. The fourth-order valence-corrected chi connectivity index (χ4v) is 7.88. The number of nitrogen functional groups attached to an aromatic ring is 2. The summed E-state index contributed by atoms with van der Waals surface area (Å²) in [6.45, 7) is 6.37. The summed E-state index contributed by atoms with van der Waals surface area (Å²) in [6, 6.07) is 33.7. The van der Waals surface area contributed by atoms with E-state index in [-0.39, 0.29) is 11.1 Å². The molecule has 4 aromatic carbocycles. The molecule has 60 heavy (non-hydrogen) atoms. The number of aliphatic imine (C=N–C) groups is 1. The number of aryl methyl sites for hydroxylation is 3. The largest absolute Gasteiger partial charge is 0.382 e. The van der Waals surface area contributed by atoms with Gasteiger partial charge in [0.2, 0.25) is 0 Å². The summed E-state index contributed by atoms with van der Waals surface area (Å²) in [7, 11) is 0. The van der Waals surface area contributed by atoms with Crippen molar-refractivity contribution < 1.29 is 0 Å². The smallest absolute Gasteiger partial charge is 0.263 e. The van der Waals surface area contributed by atoms with Crippen LogP contribution in [0.2, 0.25) is 0 Å². The van der Waals surface area contributed by atoms with Gasteiger partial charge in [0, 0.05) is 35.0 Å². The maximum absolute atomic E-state index is 13.7. The fraction of sp³-hybridized carbons (Fsp3) is 0.130. The summed E-state index contributed by atoms with van der Waals surface area (Å²) in [5.74, 6) is 0.808. The van der Waals surface area contributed by atoms with Crippen LogP contribution < -0.4 is 22.6 Å². The minimum atomic E-state index is -0.0338. The van der Waals surface area contributed by atoms with E-state index in [1.807, 2.05) is 116 Å². The quantitative estimate of drug-likeness (QED) is 0.163. The molecule has 9 aromatic rings. The molecule has 0 saturated carbocycles. The SMILES string of the molecule is Cc1cccc2cc(CBr)n(-c3ccccc3)c(=O)c12.Cc1ccccc1-n1c(Cn2cnc3c(N)ncnc32)cc2cccc(C)c2c1=O.Nc1ncnc2c1N=CC2. The Morgan fingerprint density at radius 3 is 1.95 bits per heavy atom. The molecule has 0 aliphatic carbocycles. The predicted octanol–water partition coefficient (Wildman–Crippen LogP) is 7.89. The Bertz CT molecular complexity index is 3210. The van der Waals surface area contributed by atoms with Gasteiger partial charge in [0.05, 0.1) is 35.0 Å². The minimum absolute atomic E-state index is 0.0338. The van der Waals surface area contributed by atoms with Crippen LogP contribution in [0.25, 0.3) is 44.1 Å².